The van der Waals surface area contributed by atoms with Gasteiger partial charge < -0.3 is 0 Å². The van der Waals surface area contributed by atoms with Crippen LogP contribution in [0.1, 0.15) is 0 Å². The summed E-state index contributed by atoms with van der Waals surface area (Å²) in [6, 6.07) is 43.5. The maximum absolute atomic E-state index is 4.84. The Morgan fingerprint density at radius 3 is 1.70 bits per heavy atom. The molecule has 0 fully saturated rings. The molecule has 0 amide bonds. The lowest BCUT2D eigenvalue weighted by Gasteiger charge is -2.22. The Labute approximate surface area is 230 Å². The molecule has 8 aromatic rings. The molecule has 0 unspecified atom stereocenters. The maximum atomic E-state index is 4.84. The molecule has 1 aliphatic rings. The van der Waals surface area contributed by atoms with Gasteiger partial charge in [0.25, 0.3) is 0 Å². The fraction of sp³-hybridized carbons (Fsp3) is 0. The number of hydrogen-bond donors (Lipinski definition) is 0. The van der Waals surface area contributed by atoms with Gasteiger partial charge in [0.2, 0.25) is 0 Å². The van der Waals surface area contributed by atoms with Crippen molar-refractivity contribution in [1.29, 1.82) is 0 Å². The van der Waals surface area contributed by atoms with Crippen molar-refractivity contribution in [3.8, 4) is 50.5 Å². The van der Waals surface area contributed by atoms with E-state index in [0.29, 0.717) is 0 Å². The van der Waals surface area contributed by atoms with Crippen molar-refractivity contribution in [2.75, 3.05) is 0 Å². The molecular weight excluding hydrogens is 488 g/mol. The molecule has 5 aromatic carbocycles. The zero-order valence-corrected chi connectivity index (χ0v) is 21.5. The molecule has 0 N–H and O–H groups in total. The average Bonchev–Trinajstić information content (AvgIpc) is 3.55. The molecule has 0 saturated carbocycles. The minimum absolute atomic E-state index is 0.910. The van der Waals surface area contributed by atoms with Crippen molar-refractivity contribution >= 4 is 27.6 Å². The number of aromatic nitrogens is 4. The molecule has 0 bridgehead atoms. The average molecular weight is 511 g/mol. The van der Waals surface area contributed by atoms with Crippen LogP contribution in [0.3, 0.4) is 0 Å². The van der Waals surface area contributed by atoms with E-state index in [1.54, 1.807) is 12.4 Å². The van der Waals surface area contributed by atoms with E-state index in [2.05, 4.69) is 130 Å². The van der Waals surface area contributed by atoms with E-state index in [4.69, 9.17) is 9.97 Å². The maximum Gasteiger partial charge on any atom is 0.123 e. The normalized spacial score (nSPS) is 12.0. The Balaban J connectivity index is 1.40. The van der Waals surface area contributed by atoms with E-state index in [1.807, 2.05) is 0 Å². The monoisotopic (exact) mass is 510 g/mol. The summed E-state index contributed by atoms with van der Waals surface area (Å²) in [6.45, 7) is 0. The third kappa shape index (κ3) is 2.85. The van der Waals surface area contributed by atoms with Crippen LogP contribution >= 0.6 is 0 Å². The number of fused-ring (bicyclic) bond motifs is 13. The van der Waals surface area contributed by atoms with E-state index < -0.39 is 0 Å². The van der Waals surface area contributed by atoms with Gasteiger partial charge in [-0.15, -0.1) is 0 Å². The topological polar surface area (TPSA) is 35.1 Å². The van der Waals surface area contributed by atoms with Crippen LogP contribution in [0.15, 0.2) is 134 Å². The van der Waals surface area contributed by atoms with Crippen LogP contribution < -0.4 is 0 Å². The second-order valence-electron chi connectivity index (χ2n) is 10.3. The van der Waals surface area contributed by atoms with Gasteiger partial charge in [0.05, 0.1) is 27.9 Å². The molecule has 40 heavy (non-hydrogen) atoms. The molecule has 4 heteroatoms. The molecule has 9 rings (SSSR count). The molecule has 3 aromatic heterocycles. The number of para-hydroxylation sites is 3. The van der Waals surface area contributed by atoms with E-state index in [9.17, 15) is 0 Å². The number of benzene rings is 5. The van der Waals surface area contributed by atoms with Crippen LogP contribution in [0.4, 0.5) is 0 Å². The summed E-state index contributed by atoms with van der Waals surface area (Å²) >= 11 is 0. The molecule has 0 spiro atoms. The fourth-order valence-corrected chi connectivity index (χ4v) is 6.51. The largest absolute Gasteiger partial charge is 0.294 e. The molecule has 186 valence electrons. The molecule has 0 atom stereocenters. The van der Waals surface area contributed by atoms with Crippen molar-refractivity contribution in [1.82, 2.24) is 18.9 Å². The number of imidazole rings is 1. The van der Waals surface area contributed by atoms with Gasteiger partial charge in [0.1, 0.15) is 5.65 Å². The summed E-state index contributed by atoms with van der Waals surface area (Å²) < 4.78 is 4.76. The van der Waals surface area contributed by atoms with Crippen molar-refractivity contribution in [2.24, 2.45) is 0 Å². The Morgan fingerprint density at radius 1 is 0.425 bits per heavy atom. The minimum atomic E-state index is 0.910. The summed E-state index contributed by atoms with van der Waals surface area (Å²) in [7, 11) is 0. The predicted octanol–water partition coefficient (Wildman–Crippen LogP) is 8.81. The van der Waals surface area contributed by atoms with Gasteiger partial charge in [-0.3, -0.25) is 18.9 Å². The number of rotatable bonds is 1. The van der Waals surface area contributed by atoms with Crippen LogP contribution in [0.25, 0.3) is 78.0 Å². The standard InChI is InChI=1S/C36H22N4/c1-6-14-31-23(9-1)21-34-39(32-15-7-8-16-33(32)40(31)34)24-17-18-27-25-10-2-4-12-28(25)35-36(38-20-19-37-35)29-13-5-3-11-26(29)30(27)22-24/h1-22H. The zero-order valence-electron chi connectivity index (χ0n) is 21.5. The lowest BCUT2D eigenvalue weighted by molar-refractivity contribution is 1.15. The summed E-state index contributed by atoms with van der Waals surface area (Å²) in [5.74, 6) is 0. The molecule has 3 heterocycles. The fourth-order valence-electron chi connectivity index (χ4n) is 6.51. The smallest absolute Gasteiger partial charge is 0.123 e. The highest BCUT2D eigenvalue weighted by molar-refractivity contribution is 6.02. The quantitative estimate of drug-likeness (QED) is 0.221. The van der Waals surface area contributed by atoms with Crippen molar-refractivity contribution < 1.29 is 0 Å². The first-order valence-electron chi connectivity index (χ1n) is 13.5. The number of hydrogen-bond acceptors (Lipinski definition) is 2. The van der Waals surface area contributed by atoms with Crippen LogP contribution in [0, 0.1) is 0 Å². The highest BCUT2D eigenvalue weighted by atomic mass is 15.1. The summed E-state index contributed by atoms with van der Waals surface area (Å²) in [4.78, 5) is 9.65. The minimum Gasteiger partial charge on any atom is -0.294 e. The lowest BCUT2D eigenvalue weighted by Crippen LogP contribution is -2.01. The Kier molecular flexibility index (Phi) is 4.30. The van der Waals surface area contributed by atoms with Crippen LogP contribution in [0.2, 0.25) is 0 Å². The van der Waals surface area contributed by atoms with Gasteiger partial charge in [-0.05, 0) is 58.7 Å². The lowest BCUT2D eigenvalue weighted by atomic mass is 9.84. The Morgan fingerprint density at radius 2 is 0.975 bits per heavy atom. The highest BCUT2D eigenvalue weighted by Gasteiger charge is 2.24. The number of nitrogens with zero attached hydrogens (tertiary/aromatic N) is 4. The molecule has 0 saturated heterocycles. The van der Waals surface area contributed by atoms with Gasteiger partial charge in [-0.2, -0.15) is 0 Å². The predicted molar refractivity (Wildman–Crippen MR) is 163 cm³/mol. The first kappa shape index (κ1) is 21.5. The first-order valence-corrected chi connectivity index (χ1v) is 13.5. The van der Waals surface area contributed by atoms with E-state index >= 15 is 0 Å². The SMILES string of the molecule is c1ccc2c(c1)-c1ccc(-n3c4ccccc4n4c5ccccc5cc34)cc1-c1ccccc1-c1nccnc1-2. The summed E-state index contributed by atoms with van der Waals surface area (Å²) in [5, 5.41) is 1.23. The molecule has 0 aliphatic heterocycles. The molecule has 4 nitrogen and oxygen atoms in total. The Hall–Kier alpha value is -5.48. The van der Waals surface area contributed by atoms with Gasteiger partial charge in [0, 0.05) is 34.6 Å². The van der Waals surface area contributed by atoms with E-state index in [1.165, 1.54) is 33.1 Å². The van der Waals surface area contributed by atoms with Crippen LogP contribution in [-0.4, -0.2) is 18.9 Å². The summed E-state index contributed by atoms with van der Waals surface area (Å²) in [6.07, 6.45) is 3.57. The second kappa shape index (κ2) is 8.01. The van der Waals surface area contributed by atoms with Crippen molar-refractivity contribution in [3.63, 3.8) is 0 Å². The van der Waals surface area contributed by atoms with Gasteiger partial charge in [-0.25, -0.2) is 0 Å². The molecular formula is C36H22N4. The van der Waals surface area contributed by atoms with Gasteiger partial charge in [0.15, 0.2) is 0 Å². The van der Waals surface area contributed by atoms with E-state index in [-0.39, 0.29) is 0 Å². The van der Waals surface area contributed by atoms with E-state index in [0.717, 1.165) is 45.0 Å². The highest BCUT2D eigenvalue weighted by Crippen LogP contribution is 2.47. The Bertz CT molecular complexity index is 2280. The first-order chi connectivity index (χ1) is 19.9. The second-order valence-corrected chi connectivity index (χ2v) is 10.3. The third-order valence-corrected chi connectivity index (χ3v) is 8.19. The van der Waals surface area contributed by atoms with Crippen LogP contribution in [-0.2, 0) is 0 Å². The molecule has 0 radical (unpaired) electrons. The van der Waals surface area contributed by atoms with Gasteiger partial charge in [-0.1, -0.05) is 84.9 Å². The van der Waals surface area contributed by atoms with Crippen molar-refractivity contribution in [2.45, 2.75) is 0 Å². The summed E-state index contributed by atoms with van der Waals surface area (Å²) in [5.41, 5.74) is 14.6. The van der Waals surface area contributed by atoms with Crippen LogP contribution in [0.5, 0.6) is 0 Å². The van der Waals surface area contributed by atoms with Gasteiger partial charge >= 0.3 is 0 Å². The van der Waals surface area contributed by atoms with Crippen molar-refractivity contribution in [3.05, 3.63) is 134 Å². The molecule has 1 aliphatic carbocycles. The zero-order chi connectivity index (χ0) is 26.2. The third-order valence-electron chi connectivity index (χ3n) is 8.19.